The standard InChI is InChI=1S/C19H30BN3O5/c1-13(26-6)16-15(20-27-18(2,3)19(4,5)28-20)11-14(12-21-16)22-7-9-23(10-8-22)17(24)25/h11-13H,7-10H2,1-6H3,(H,24,25). The van der Waals surface area contributed by atoms with Crippen LogP contribution in [0.1, 0.15) is 46.4 Å². The number of aromatic nitrogens is 1. The first-order valence-electron chi connectivity index (χ1n) is 9.67. The average Bonchev–Trinajstić information content (AvgIpc) is 2.88. The van der Waals surface area contributed by atoms with Crippen LogP contribution in [0.2, 0.25) is 0 Å². The summed E-state index contributed by atoms with van der Waals surface area (Å²) in [6.07, 6.45) is 0.739. The fourth-order valence-electron chi connectivity index (χ4n) is 3.42. The quantitative estimate of drug-likeness (QED) is 0.785. The van der Waals surface area contributed by atoms with Crippen LogP contribution in [0.25, 0.3) is 0 Å². The van der Waals surface area contributed by atoms with Gasteiger partial charge >= 0.3 is 13.2 Å². The maximum atomic E-state index is 11.1. The third-order valence-corrected chi connectivity index (χ3v) is 6.10. The molecular formula is C19H30BN3O5. The highest BCUT2D eigenvalue weighted by molar-refractivity contribution is 6.62. The second-order valence-corrected chi connectivity index (χ2v) is 8.39. The second kappa shape index (κ2) is 7.53. The summed E-state index contributed by atoms with van der Waals surface area (Å²) in [5.74, 6) is 0. The van der Waals surface area contributed by atoms with E-state index in [-0.39, 0.29) is 6.10 Å². The van der Waals surface area contributed by atoms with Gasteiger partial charge in [-0.3, -0.25) is 4.98 Å². The topological polar surface area (TPSA) is 84.4 Å². The van der Waals surface area contributed by atoms with Gasteiger partial charge in [0.25, 0.3) is 0 Å². The predicted octanol–water partition coefficient (Wildman–Crippen LogP) is 1.89. The summed E-state index contributed by atoms with van der Waals surface area (Å²) in [6.45, 7) is 12.2. The minimum atomic E-state index is -0.875. The molecule has 154 valence electrons. The summed E-state index contributed by atoms with van der Waals surface area (Å²) in [5, 5.41) is 9.15. The normalized spacial score (nSPS) is 22.4. The van der Waals surface area contributed by atoms with Crippen LogP contribution in [0.3, 0.4) is 0 Å². The van der Waals surface area contributed by atoms with Gasteiger partial charge in [-0.05, 0) is 40.7 Å². The van der Waals surface area contributed by atoms with E-state index in [1.807, 2.05) is 46.9 Å². The predicted molar refractivity (Wildman–Crippen MR) is 107 cm³/mol. The van der Waals surface area contributed by atoms with Crippen LogP contribution in [0.5, 0.6) is 0 Å². The van der Waals surface area contributed by atoms with E-state index in [0.717, 1.165) is 16.8 Å². The number of carboxylic acid groups (broad SMARTS) is 1. The van der Waals surface area contributed by atoms with Crippen molar-refractivity contribution in [3.63, 3.8) is 0 Å². The van der Waals surface area contributed by atoms with Gasteiger partial charge in [-0.15, -0.1) is 0 Å². The number of anilines is 1. The molecule has 2 aliphatic rings. The molecule has 9 heteroatoms. The summed E-state index contributed by atoms with van der Waals surface area (Å²) < 4.78 is 18.0. The Kier molecular flexibility index (Phi) is 5.62. The van der Waals surface area contributed by atoms with Crippen LogP contribution < -0.4 is 10.4 Å². The Balaban J connectivity index is 1.90. The number of pyridine rings is 1. The smallest absolute Gasteiger partial charge is 0.465 e. The van der Waals surface area contributed by atoms with E-state index in [0.29, 0.717) is 26.2 Å². The second-order valence-electron chi connectivity index (χ2n) is 8.39. The molecular weight excluding hydrogens is 361 g/mol. The third kappa shape index (κ3) is 3.83. The van der Waals surface area contributed by atoms with Crippen LogP contribution in [0, 0.1) is 0 Å². The molecule has 1 amide bonds. The number of hydrogen-bond donors (Lipinski definition) is 1. The van der Waals surface area contributed by atoms with E-state index in [2.05, 4.69) is 9.88 Å². The Hall–Kier alpha value is -1.84. The largest absolute Gasteiger partial charge is 0.496 e. The van der Waals surface area contributed by atoms with Gasteiger partial charge in [0.2, 0.25) is 0 Å². The lowest BCUT2D eigenvalue weighted by Crippen LogP contribution is -2.49. The molecule has 1 aromatic heterocycles. The molecule has 0 bridgehead atoms. The molecule has 0 radical (unpaired) electrons. The lowest BCUT2D eigenvalue weighted by Gasteiger charge is -2.35. The number of hydrogen-bond acceptors (Lipinski definition) is 6. The average molecular weight is 391 g/mol. The number of rotatable bonds is 4. The lowest BCUT2D eigenvalue weighted by atomic mass is 9.76. The molecule has 1 aromatic rings. The highest BCUT2D eigenvalue weighted by Crippen LogP contribution is 2.37. The van der Waals surface area contributed by atoms with Crippen molar-refractivity contribution < 1.29 is 23.9 Å². The van der Waals surface area contributed by atoms with Gasteiger partial charge in [0.15, 0.2) is 0 Å². The Morgan fingerprint density at radius 1 is 1.21 bits per heavy atom. The molecule has 2 saturated heterocycles. The first kappa shape index (κ1) is 20.9. The molecule has 3 heterocycles. The van der Waals surface area contributed by atoms with Gasteiger partial charge in [0.1, 0.15) is 0 Å². The van der Waals surface area contributed by atoms with E-state index in [9.17, 15) is 4.79 Å². The van der Waals surface area contributed by atoms with E-state index < -0.39 is 24.4 Å². The molecule has 0 saturated carbocycles. The summed E-state index contributed by atoms with van der Waals surface area (Å²) >= 11 is 0. The van der Waals surface area contributed by atoms with Gasteiger partial charge < -0.3 is 29.0 Å². The maximum absolute atomic E-state index is 11.1. The zero-order valence-corrected chi connectivity index (χ0v) is 17.6. The molecule has 2 aliphatic heterocycles. The van der Waals surface area contributed by atoms with Crippen LogP contribution in [0.15, 0.2) is 12.3 Å². The third-order valence-electron chi connectivity index (χ3n) is 6.10. The van der Waals surface area contributed by atoms with E-state index >= 15 is 0 Å². The first-order valence-corrected chi connectivity index (χ1v) is 9.67. The van der Waals surface area contributed by atoms with Crippen LogP contribution >= 0.6 is 0 Å². The van der Waals surface area contributed by atoms with Crippen LogP contribution in [-0.2, 0) is 14.0 Å². The Morgan fingerprint density at radius 3 is 2.29 bits per heavy atom. The Morgan fingerprint density at radius 2 is 1.79 bits per heavy atom. The molecule has 0 aliphatic carbocycles. The van der Waals surface area contributed by atoms with Crippen molar-refractivity contribution in [3.8, 4) is 0 Å². The van der Waals surface area contributed by atoms with Crippen molar-refractivity contribution in [1.29, 1.82) is 0 Å². The number of carbonyl (C=O) groups is 1. The molecule has 8 nitrogen and oxygen atoms in total. The van der Waals surface area contributed by atoms with Gasteiger partial charge in [-0.2, -0.15) is 0 Å². The van der Waals surface area contributed by atoms with Crippen molar-refractivity contribution in [2.45, 2.75) is 51.9 Å². The minimum Gasteiger partial charge on any atom is -0.465 e. The molecule has 2 fully saturated rings. The molecule has 3 rings (SSSR count). The zero-order valence-electron chi connectivity index (χ0n) is 17.6. The maximum Gasteiger partial charge on any atom is 0.496 e. The van der Waals surface area contributed by atoms with Gasteiger partial charge in [-0.1, -0.05) is 0 Å². The molecule has 1 atom stereocenters. The highest BCUT2D eigenvalue weighted by Gasteiger charge is 2.52. The minimum absolute atomic E-state index is 0.202. The SMILES string of the molecule is COC(C)c1ncc(N2CCN(C(=O)O)CC2)cc1B1OC(C)(C)C(C)(C)O1. The van der Waals surface area contributed by atoms with Crippen LogP contribution in [-0.4, -0.2) is 72.7 Å². The van der Waals surface area contributed by atoms with Gasteiger partial charge in [0, 0.05) is 38.8 Å². The Bertz CT molecular complexity index is 718. The molecule has 1 unspecified atom stereocenters. The summed E-state index contributed by atoms with van der Waals surface area (Å²) in [6, 6.07) is 2.04. The van der Waals surface area contributed by atoms with Crippen molar-refractivity contribution in [2.75, 3.05) is 38.2 Å². The summed E-state index contributed by atoms with van der Waals surface area (Å²) in [5.41, 5.74) is 1.67. The number of nitrogens with zero attached hydrogens (tertiary/aromatic N) is 3. The summed E-state index contributed by atoms with van der Waals surface area (Å²) in [4.78, 5) is 19.4. The van der Waals surface area contributed by atoms with Crippen molar-refractivity contribution in [1.82, 2.24) is 9.88 Å². The molecule has 1 N–H and O–H groups in total. The lowest BCUT2D eigenvalue weighted by molar-refractivity contribution is 0.00578. The van der Waals surface area contributed by atoms with E-state index in [4.69, 9.17) is 19.2 Å². The number of methoxy groups -OCH3 is 1. The van der Waals surface area contributed by atoms with Crippen molar-refractivity contribution >= 4 is 24.4 Å². The fourth-order valence-corrected chi connectivity index (χ4v) is 3.42. The monoisotopic (exact) mass is 391 g/mol. The van der Waals surface area contributed by atoms with Crippen molar-refractivity contribution in [3.05, 3.63) is 18.0 Å². The van der Waals surface area contributed by atoms with E-state index in [1.54, 1.807) is 7.11 Å². The van der Waals surface area contributed by atoms with Gasteiger partial charge in [0.05, 0.1) is 34.9 Å². The number of amides is 1. The van der Waals surface area contributed by atoms with E-state index in [1.165, 1.54) is 4.90 Å². The number of piperazine rings is 1. The highest BCUT2D eigenvalue weighted by atomic mass is 16.7. The number of ether oxygens (including phenoxy) is 1. The fraction of sp³-hybridized carbons (Fsp3) is 0.684. The first-order chi connectivity index (χ1) is 13.1. The zero-order chi connectivity index (χ0) is 20.7. The molecule has 0 spiro atoms. The summed E-state index contributed by atoms with van der Waals surface area (Å²) in [7, 11) is 1.12. The van der Waals surface area contributed by atoms with Gasteiger partial charge in [-0.25, -0.2) is 4.79 Å². The Labute approximate surface area is 166 Å². The van der Waals surface area contributed by atoms with Crippen molar-refractivity contribution in [2.24, 2.45) is 0 Å². The van der Waals surface area contributed by atoms with Crippen LogP contribution in [0.4, 0.5) is 10.5 Å². The molecule has 0 aromatic carbocycles. The molecule has 28 heavy (non-hydrogen) atoms.